The number of piperazine rings is 1. The van der Waals surface area contributed by atoms with Gasteiger partial charge >= 0.3 is 0 Å². The number of rotatable bonds is 5. The minimum absolute atomic E-state index is 0.751. The van der Waals surface area contributed by atoms with Crippen LogP contribution in [0.5, 0.6) is 0 Å². The molecule has 0 bridgehead atoms. The first kappa shape index (κ1) is 14.3. The molecule has 1 saturated carbocycles. The number of nitrogens with zero attached hydrogens (tertiary/aromatic N) is 2. The van der Waals surface area contributed by atoms with Crippen LogP contribution in [0.25, 0.3) is 0 Å². The number of hydrogen-bond donors (Lipinski definition) is 1. The van der Waals surface area contributed by atoms with Crippen molar-refractivity contribution in [3.8, 4) is 0 Å². The van der Waals surface area contributed by atoms with E-state index in [9.17, 15) is 0 Å². The number of hydrogen-bond acceptors (Lipinski definition) is 3. The summed E-state index contributed by atoms with van der Waals surface area (Å²) in [5.41, 5.74) is 0. The standard InChI is InChI=1S/C15H31N3/c1-3-9-17-10-12-18(13-11-17)15-8-6-5-7-14(15)16-4-2/h14-16H,3-13H2,1-2H3. The summed E-state index contributed by atoms with van der Waals surface area (Å²) in [6.45, 7) is 12.1. The Bertz CT molecular complexity index is 222. The molecule has 2 fully saturated rings. The zero-order valence-corrected chi connectivity index (χ0v) is 12.3. The summed E-state index contributed by atoms with van der Waals surface area (Å²) in [6.07, 6.45) is 6.94. The summed E-state index contributed by atoms with van der Waals surface area (Å²) in [4.78, 5) is 5.39. The van der Waals surface area contributed by atoms with E-state index >= 15 is 0 Å². The highest BCUT2D eigenvalue weighted by Gasteiger charge is 2.31. The van der Waals surface area contributed by atoms with E-state index in [1.807, 2.05) is 0 Å². The molecule has 106 valence electrons. The third-order valence-corrected chi connectivity index (χ3v) is 4.61. The zero-order valence-electron chi connectivity index (χ0n) is 12.3. The van der Waals surface area contributed by atoms with Gasteiger partial charge in [-0.05, 0) is 32.4 Å². The molecule has 0 amide bonds. The van der Waals surface area contributed by atoms with Crippen LogP contribution in [0.2, 0.25) is 0 Å². The van der Waals surface area contributed by atoms with Crippen molar-refractivity contribution in [2.45, 2.75) is 58.0 Å². The fourth-order valence-electron chi connectivity index (χ4n) is 3.68. The molecule has 2 atom stereocenters. The van der Waals surface area contributed by atoms with Crippen molar-refractivity contribution in [3.05, 3.63) is 0 Å². The molecular formula is C15H31N3. The lowest BCUT2D eigenvalue weighted by molar-refractivity contribution is 0.0619. The van der Waals surface area contributed by atoms with Crippen LogP contribution in [0, 0.1) is 0 Å². The molecule has 3 nitrogen and oxygen atoms in total. The first-order chi connectivity index (χ1) is 8.85. The molecule has 1 aliphatic heterocycles. The van der Waals surface area contributed by atoms with Gasteiger partial charge in [-0.15, -0.1) is 0 Å². The molecule has 0 aromatic carbocycles. The predicted octanol–water partition coefficient (Wildman–Crippen LogP) is 1.93. The normalized spacial score (nSPS) is 31.7. The molecule has 0 radical (unpaired) electrons. The second-order valence-corrected chi connectivity index (χ2v) is 5.89. The molecule has 0 spiro atoms. The molecule has 1 aliphatic carbocycles. The Labute approximate surface area is 113 Å². The summed E-state index contributed by atoms with van der Waals surface area (Å²) < 4.78 is 0. The number of likely N-dealkylation sites (N-methyl/N-ethyl adjacent to an activating group) is 1. The van der Waals surface area contributed by atoms with Gasteiger partial charge in [0.1, 0.15) is 0 Å². The van der Waals surface area contributed by atoms with Crippen molar-refractivity contribution < 1.29 is 0 Å². The minimum Gasteiger partial charge on any atom is -0.313 e. The van der Waals surface area contributed by atoms with Gasteiger partial charge in [0.15, 0.2) is 0 Å². The Balaban J connectivity index is 1.82. The first-order valence-corrected chi connectivity index (χ1v) is 8.05. The summed E-state index contributed by atoms with van der Waals surface area (Å²) in [7, 11) is 0. The van der Waals surface area contributed by atoms with Crippen molar-refractivity contribution in [2.24, 2.45) is 0 Å². The molecule has 3 heteroatoms. The van der Waals surface area contributed by atoms with Crippen LogP contribution in [-0.4, -0.2) is 61.2 Å². The Morgan fingerprint density at radius 3 is 2.39 bits per heavy atom. The highest BCUT2D eigenvalue weighted by atomic mass is 15.3. The average Bonchev–Trinajstić information content (AvgIpc) is 2.41. The Hall–Kier alpha value is -0.120. The molecule has 2 rings (SSSR count). The van der Waals surface area contributed by atoms with E-state index in [2.05, 4.69) is 29.0 Å². The van der Waals surface area contributed by atoms with Crippen LogP contribution in [0.4, 0.5) is 0 Å². The third-order valence-electron chi connectivity index (χ3n) is 4.61. The lowest BCUT2D eigenvalue weighted by atomic mass is 9.88. The molecule has 1 saturated heterocycles. The van der Waals surface area contributed by atoms with Gasteiger partial charge in [0.2, 0.25) is 0 Å². The van der Waals surface area contributed by atoms with Crippen molar-refractivity contribution in [3.63, 3.8) is 0 Å². The molecule has 2 aliphatic rings. The average molecular weight is 253 g/mol. The lowest BCUT2D eigenvalue weighted by Crippen LogP contribution is -2.57. The van der Waals surface area contributed by atoms with Gasteiger partial charge in [0.25, 0.3) is 0 Å². The maximum absolute atomic E-state index is 3.71. The van der Waals surface area contributed by atoms with Crippen molar-refractivity contribution in [1.82, 2.24) is 15.1 Å². The van der Waals surface area contributed by atoms with Gasteiger partial charge < -0.3 is 10.2 Å². The van der Waals surface area contributed by atoms with Crippen LogP contribution >= 0.6 is 0 Å². The van der Waals surface area contributed by atoms with Gasteiger partial charge in [0.05, 0.1) is 0 Å². The van der Waals surface area contributed by atoms with E-state index in [1.54, 1.807) is 0 Å². The van der Waals surface area contributed by atoms with Crippen molar-refractivity contribution >= 4 is 0 Å². The van der Waals surface area contributed by atoms with Gasteiger partial charge in [-0.1, -0.05) is 26.7 Å². The van der Waals surface area contributed by atoms with Crippen LogP contribution < -0.4 is 5.32 Å². The fraction of sp³-hybridized carbons (Fsp3) is 1.00. The highest BCUT2D eigenvalue weighted by molar-refractivity contribution is 4.90. The van der Waals surface area contributed by atoms with Gasteiger partial charge in [-0.3, -0.25) is 4.90 Å². The molecule has 1 heterocycles. The second kappa shape index (κ2) is 7.46. The van der Waals surface area contributed by atoms with Crippen LogP contribution in [0.1, 0.15) is 46.0 Å². The molecule has 0 aromatic rings. The van der Waals surface area contributed by atoms with Gasteiger partial charge in [0, 0.05) is 38.3 Å². The molecular weight excluding hydrogens is 222 g/mol. The summed E-state index contributed by atoms with van der Waals surface area (Å²) in [5.74, 6) is 0. The van der Waals surface area contributed by atoms with Crippen LogP contribution in [0.3, 0.4) is 0 Å². The van der Waals surface area contributed by atoms with E-state index in [0.717, 1.165) is 18.6 Å². The maximum Gasteiger partial charge on any atom is 0.0250 e. The Kier molecular flexibility index (Phi) is 5.93. The van der Waals surface area contributed by atoms with Gasteiger partial charge in [-0.2, -0.15) is 0 Å². The molecule has 1 N–H and O–H groups in total. The van der Waals surface area contributed by atoms with Crippen molar-refractivity contribution in [1.29, 1.82) is 0 Å². The first-order valence-electron chi connectivity index (χ1n) is 8.05. The Morgan fingerprint density at radius 1 is 1.00 bits per heavy atom. The van der Waals surface area contributed by atoms with Crippen LogP contribution in [-0.2, 0) is 0 Å². The monoisotopic (exact) mass is 253 g/mol. The topological polar surface area (TPSA) is 18.5 Å². The second-order valence-electron chi connectivity index (χ2n) is 5.89. The van der Waals surface area contributed by atoms with E-state index in [1.165, 1.54) is 64.8 Å². The Morgan fingerprint density at radius 2 is 1.72 bits per heavy atom. The summed E-state index contributed by atoms with van der Waals surface area (Å²) in [6, 6.07) is 1.56. The fourth-order valence-corrected chi connectivity index (χ4v) is 3.68. The SMILES string of the molecule is CCCN1CCN(C2CCCCC2NCC)CC1. The maximum atomic E-state index is 3.71. The molecule has 18 heavy (non-hydrogen) atoms. The molecule has 0 aromatic heterocycles. The predicted molar refractivity (Wildman–Crippen MR) is 78.0 cm³/mol. The summed E-state index contributed by atoms with van der Waals surface area (Å²) in [5, 5.41) is 3.71. The number of nitrogens with one attached hydrogen (secondary N) is 1. The van der Waals surface area contributed by atoms with E-state index < -0.39 is 0 Å². The summed E-state index contributed by atoms with van der Waals surface area (Å²) >= 11 is 0. The third kappa shape index (κ3) is 3.69. The van der Waals surface area contributed by atoms with E-state index in [0.29, 0.717) is 0 Å². The largest absolute Gasteiger partial charge is 0.313 e. The van der Waals surface area contributed by atoms with Crippen LogP contribution in [0.15, 0.2) is 0 Å². The lowest BCUT2D eigenvalue weighted by Gasteiger charge is -2.44. The molecule has 2 unspecified atom stereocenters. The smallest absolute Gasteiger partial charge is 0.0250 e. The highest BCUT2D eigenvalue weighted by Crippen LogP contribution is 2.24. The quantitative estimate of drug-likeness (QED) is 0.808. The minimum atomic E-state index is 0.751. The van der Waals surface area contributed by atoms with Crippen molar-refractivity contribution in [2.75, 3.05) is 39.3 Å². The zero-order chi connectivity index (χ0) is 12.8. The van der Waals surface area contributed by atoms with Gasteiger partial charge in [-0.25, -0.2) is 0 Å². The van der Waals surface area contributed by atoms with E-state index in [-0.39, 0.29) is 0 Å². The van der Waals surface area contributed by atoms with E-state index in [4.69, 9.17) is 0 Å².